The van der Waals surface area contributed by atoms with Crippen LogP contribution < -0.4 is 0 Å². The second kappa shape index (κ2) is 7.54. The molecule has 0 radical (unpaired) electrons. The number of carbonyl (C=O) groups excluding carboxylic acids is 2. The maximum atomic E-state index is 11.3. The van der Waals surface area contributed by atoms with Crippen LogP contribution in [0.1, 0.15) is 33.6 Å². The molecule has 0 saturated carbocycles. The van der Waals surface area contributed by atoms with Crippen molar-refractivity contribution in [1.29, 1.82) is 0 Å². The van der Waals surface area contributed by atoms with Crippen molar-refractivity contribution >= 4 is 23.7 Å². The van der Waals surface area contributed by atoms with Gasteiger partial charge in [0.05, 0.1) is 12.9 Å². The van der Waals surface area contributed by atoms with Crippen molar-refractivity contribution in [3.8, 4) is 0 Å². The Bertz CT molecular complexity index is 233. The fourth-order valence-electron chi connectivity index (χ4n) is 0.947. The molecule has 0 bridgehead atoms. The van der Waals surface area contributed by atoms with E-state index in [9.17, 15) is 9.59 Å². The molecule has 0 heterocycles. The van der Waals surface area contributed by atoms with Gasteiger partial charge in [-0.2, -0.15) is 11.8 Å². The Morgan fingerprint density at radius 3 is 2.31 bits per heavy atom. The number of carbonyl (C=O) groups is 2. The van der Waals surface area contributed by atoms with Gasteiger partial charge in [-0.05, 0) is 32.9 Å². The van der Waals surface area contributed by atoms with E-state index in [4.69, 9.17) is 4.74 Å². The lowest BCUT2D eigenvalue weighted by molar-refractivity contribution is -0.151. The van der Waals surface area contributed by atoms with Gasteiger partial charge in [0.2, 0.25) is 0 Å². The Hall–Kier alpha value is -0.710. The monoisotopic (exact) mass is 248 g/mol. The molecule has 0 aromatic carbocycles. The van der Waals surface area contributed by atoms with Crippen LogP contribution in [0.4, 0.5) is 0 Å². The molecule has 0 amide bonds. The van der Waals surface area contributed by atoms with Gasteiger partial charge in [0, 0.05) is 6.42 Å². The van der Waals surface area contributed by atoms with Crippen molar-refractivity contribution in [2.24, 2.45) is 0 Å². The Labute approximate surface area is 101 Å². The lowest BCUT2D eigenvalue weighted by Crippen LogP contribution is -2.25. The first kappa shape index (κ1) is 15.3. The van der Waals surface area contributed by atoms with Crippen molar-refractivity contribution in [3.63, 3.8) is 0 Å². The van der Waals surface area contributed by atoms with Crippen molar-refractivity contribution in [3.05, 3.63) is 0 Å². The highest BCUT2D eigenvalue weighted by atomic mass is 32.2. The Morgan fingerprint density at radius 1 is 1.19 bits per heavy atom. The van der Waals surface area contributed by atoms with Crippen LogP contribution in [0.5, 0.6) is 0 Å². The van der Waals surface area contributed by atoms with Gasteiger partial charge in [-0.25, -0.2) is 0 Å². The molecule has 0 fully saturated rings. The summed E-state index contributed by atoms with van der Waals surface area (Å²) in [6.07, 6.45) is 1.12. The summed E-state index contributed by atoms with van der Waals surface area (Å²) in [4.78, 5) is 22.1. The highest BCUT2D eigenvalue weighted by Gasteiger charge is 2.15. The van der Waals surface area contributed by atoms with Gasteiger partial charge in [-0.15, -0.1) is 0 Å². The standard InChI is InChI=1S/C11H20O4S/c1-11(2,3)15-10(13)8-16-7-5-6-9(12)14-4/h5-8H2,1-4H3. The van der Waals surface area contributed by atoms with Gasteiger partial charge in [0.1, 0.15) is 5.60 Å². The van der Waals surface area contributed by atoms with Crippen molar-refractivity contribution < 1.29 is 19.1 Å². The van der Waals surface area contributed by atoms with Crippen LogP contribution in [0.2, 0.25) is 0 Å². The second-order valence-corrected chi connectivity index (χ2v) is 5.42. The summed E-state index contributed by atoms with van der Waals surface area (Å²) < 4.78 is 9.64. The molecule has 0 N–H and O–H groups in total. The molecule has 0 aliphatic heterocycles. The molecule has 0 rings (SSSR count). The fourth-order valence-corrected chi connectivity index (χ4v) is 1.67. The summed E-state index contributed by atoms with van der Waals surface area (Å²) in [6, 6.07) is 0. The van der Waals surface area contributed by atoms with Crippen LogP contribution in [-0.4, -0.2) is 36.2 Å². The molecule has 0 aliphatic carbocycles. The quantitative estimate of drug-likeness (QED) is 0.531. The van der Waals surface area contributed by atoms with Crippen molar-refractivity contribution in [1.82, 2.24) is 0 Å². The molecule has 0 aliphatic rings. The topological polar surface area (TPSA) is 52.6 Å². The molecule has 16 heavy (non-hydrogen) atoms. The number of thioether (sulfide) groups is 1. The predicted octanol–water partition coefficient (Wildman–Crippen LogP) is 2.01. The van der Waals surface area contributed by atoms with E-state index in [1.54, 1.807) is 0 Å². The highest BCUT2D eigenvalue weighted by molar-refractivity contribution is 7.99. The number of hydrogen-bond acceptors (Lipinski definition) is 5. The van der Waals surface area contributed by atoms with E-state index in [2.05, 4.69) is 4.74 Å². The van der Waals surface area contributed by atoms with Crippen LogP contribution >= 0.6 is 11.8 Å². The lowest BCUT2D eigenvalue weighted by atomic mass is 10.2. The van der Waals surface area contributed by atoms with Crippen LogP contribution in [0.3, 0.4) is 0 Å². The van der Waals surface area contributed by atoms with Crippen LogP contribution in [0.15, 0.2) is 0 Å². The average Bonchev–Trinajstić information content (AvgIpc) is 2.14. The molecular formula is C11H20O4S. The number of ether oxygens (including phenoxy) is 2. The third-order valence-corrected chi connectivity index (χ3v) is 2.55. The van der Waals surface area contributed by atoms with Gasteiger partial charge in [0.25, 0.3) is 0 Å². The Balaban J connectivity index is 3.45. The fraction of sp³-hybridized carbons (Fsp3) is 0.818. The summed E-state index contributed by atoms with van der Waals surface area (Å²) in [5.74, 6) is 0.667. The van der Waals surface area contributed by atoms with Gasteiger partial charge in [0.15, 0.2) is 0 Å². The van der Waals surface area contributed by atoms with E-state index >= 15 is 0 Å². The first-order valence-corrected chi connectivity index (χ1v) is 6.37. The van der Waals surface area contributed by atoms with Crippen LogP contribution in [0, 0.1) is 0 Å². The molecule has 0 saturated heterocycles. The van der Waals surface area contributed by atoms with Gasteiger partial charge in [-0.3, -0.25) is 9.59 Å². The third-order valence-electron chi connectivity index (χ3n) is 1.54. The van der Waals surface area contributed by atoms with E-state index in [1.165, 1.54) is 18.9 Å². The summed E-state index contributed by atoms with van der Waals surface area (Å²) >= 11 is 1.47. The molecule has 0 spiro atoms. The zero-order valence-electron chi connectivity index (χ0n) is 10.4. The lowest BCUT2D eigenvalue weighted by Gasteiger charge is -2.19. The second-order valence-electron chi connectivity index (χ2n) is 4.32. The largest absolute Gasteiger partial charge is 0.469 e. The number of esters is 2. The summed E-state index contributed by atoms with van der Waals surface area (Å²) in [5, 5.41) is 0. The maximum Gasteiger partial charge on any atom is 0.316 e. The molecule has 0 atom stereocenters. The first-order valence-electron chi connectivity index (χ1n) is 5.21. The maximum absolute atomic E-state index is 11.3. The molecule has 0 unspecified atom stereocenters. The van der Waals surface area contributed by atoms with E-state index in [1.807, 2.05) is 20.8 Å². The molecule has 0 aromatic heterocycles. The molecule has 94 valence electrons. The minimum Gasteiger partial charge on any atom is -0.469 e. The van der Waals surface area contributed by atoms with E-state index < -0.39 is 5.60 Å². The number of hydrogen-bond donors (Lipinski definition) is 0. The van der Waals surface area contributed by atoms with Gasteiger partial charge in [-0.1, -0.05) is 0 Å². The minimum absolute atomic E-state index is 0.210. The SMILES string of the molecule is COC(=O)CCCSCC(=O)OC(C)(C)C. The van der Waals surface area contributed by atoms with E-state index in [0.29, 0.717) is 12.2 Å². The summed E-state index contributed by atoms with van der Waals surface area (Å²) in [5.41, 5.74) is -0.427. The average molecular weight is 248 g/mol. The zero-order valence-corrected chi connectivity index (χ0v) is 11.2. The normalized spacial score (nSPS) is 11.0. The van der Waals surface area contributed by atoms with Crippen molar-refractivity contribution in [2.75, 3.05) is 18.6 Å². The van der Waals surface area contributed by atoms with Crippen LogP contribution in [-0.2, 0) is 19.1 Å². The summed E-state index contributed by atoms with van der Waals surface area (Å²) in [6.45, 7) is 5.52. The smallest absolute Gasteiger partial charge is 0.316 e. The predicted molar refractivity (Wildman–Crippen MR) is 64.4 cm³/mol. The summed E-state index contributed by atoms with van der Waals surface area (Å²) in [7, 11) is 1.37. The molecular weight excluding hydrogens is 228 g/mol. The molecule has 4 nitrogen and oxygen atoms in total. The molecule has 0 aromatic rings. The Kier molecular flexibility index (Phi) is 7.21. The molecule has 5 heteroatoms. The van der Waals surface area contributed by atoms with E-state index in [0.717, 1.165) is 12.2 Å². The van der Waals surface area contributed by atoms with Gasteiger partial charge >= 0.3 is 11.9 Å². The van der Waals surface area contributed by atoms with Gasteiger partial charge < -0.3 is 9.47 Å². The van der Waals surface area contributed by atoms with E-state index in [-0.39, 0.29) is 11.9 Å². The Morgan fingerprint density at radius 2 is 1.81 bits per heavy atom. The number of rotatable bonds is 6. The van der Waals surface area contributed by atoms with Crippen LogP contribution in [0.25, 0.3) is 0 Å². The first-order chi connectivity index (χ1) is 7.35. The highest BCUT2D eigenvalue weighted by Crippen LogP contribution is 2.11. The minimum atomic E-state index is -0.427. The third kappa shape index (κ3) is 9.83. The van der Waals surface area contributed by atoms with Crippen molar-refractivity contribution in [2.45, 2.75) is 39.2 Å². The number of methoxy groups -OCH3 is 1. The zero-order chi connectivity index (χ0) is 12.6.